The molecule has 0 aliphatic carbocycles. The molecule has 3 aromatic rings. The van der Waals surface area contributed by atoms with Gasteiger partial charge in [0.15, 0.2) is 5.78 Å². The van der Waals surface area contributed by atoms with Crippen LogP contribution < -0.4 is 0 Å². The summed E-state index contributed by atoms with van der Waals surface area (Å²) >= 11 is 0. The number of hydrogen-bond acceptors (Lipinski definition) is 3. The number of ketones is 1. The number of amides is 1. The van der Waals surface area contributed by atoms with Gasteiger partial charge in [-0.1, -0.05) is 55.5 Å². The molecule has 2 atom stereocenters. The van der Waals surface area contributed by atoms with E-state index in [-0.39, 0.29) is 30.1 Å². The zero-order chi connectivity index (χ0) is 20.7. The number of ether oxygens (including phenoxy) is 1. The number of para-hydroxylation sites is 1. The predicted molar refractivity (Wildman–Crippen MR) is 115 cm³/mol. The number of rotatable bonds is 3. The molecule has 30 heavy (non-hydrogen) atoms. The van der Waals surface area contributed by atoms with E-state index < -0.39 is 0 Å². The molecule has 1 amide bonds. The van der Waals surface area contributed by atoms with Crippen LogP contribution in [0.2, 0.25) is 0 Å². The van der Waals surface area contributed by atoms with Crippen LogP contribution in [-0.2, 0) is 11.3 Å². The third kappa shape index (κ3) is 2.92. The molecule has 154 valence electrons. The Balaban J connectivity index is 1.55. The van der Waals surface area contributed by atoms with Crippen LogP contribution in [0.5, 0.6) is 0 Å². The normalized spacial score (nSPS) is 23.2. The summed E-state index contributed by atoms with van der Waals surface area (Å²) in [5.74, 6) is 0.170. The summed E-state index contributed by atoms with van der Waals surface area (Å²) < 4.78 is 7.83. The molecule has 1 saturated heterocycles. The molecule has 2 aliphatic rings. The average Bonchev–Trinajstić information content (AvgIpc) is 3.18. The van der Waals surface area contributed by atoms with Crippen LogP contribution in [0, 0.1) is 5.41 Å². The first-order valence-electron chi connectivity index (χ1n) is 10.7. The SMILES string of the molecule is CC[C@]12CCCN(C(=O)OCc3ccccc3)[C@@H]1n1c(cc3ccccc31)C(=O)C2. The van der Waals surface area contributed by atoms with Gasteiger partial charge in [0.05, 0.1) is 11.2 Å². The van der Waals surface area contributed by atoms with E-state index in [9.17, 15) is 9.59 Å². The first-order chi connectivity index (χ1) is 14.6. The first kappa shape index (κ1) is 18.9. The van der Waals surface area contributed by atoms with Crippen LogP contribution in [0.25, 0.3) is 10.9 Å². The van der Waals surface area contributed by atoms with Gasteiger partial charge in [0.2, 0.25) is 0 Å². The maximum atomic E-state index is 13.2. The number of hydrogen-bond donors (Lipinski definition) is 0. The van der Waals surface area contributed by atoms with Gasteiger partial charge in [-0.3, -0.25) is 9.69 Å². The third-order valence-corrected chi connectivity index (χ3v) is 6.85. The van der Waals surface area contributed by atoms with Crippen molar-refractivity contribution >= 4 is 22.8 Å². The maximum Gasteiger partial charge on any atom is 0.411 e. The van der Waals surface area contributed by atoms with Crippen molar-refractivity contribution in [3.05, 3.63) is 71.9 Å². The Morgan fingerprint density at radius 3 is 2.70 bits per heavy atom. The summed E-state index contributed by atoms with van der Waals surface area (Å²) in [6, 6.07) is 19.8. The topological polar surface area (TPSA) is 51.5 Å². The quantitative estimate of drug-likeness (QED) is 0.577. The molecule has 3 heterocycles. The van der Waals surface area contributed by atoms with E-state index in [4.69, 9.17) is 4.74 Å². The Kier molecular flexibility index (Phi) is 4.61. The lowest BCUT2D eigenvalue weighted by Gasteiger charge is -2.52. The second-order valence-electron chi connectivity index (χ2n) is 8.49. The summed E-state index contributed by atoms with van der Waals surface area (Å²) in [7, 11) is 0. The van der Waals surface area contributed by atoms with Gasteiger partial charge < -0.3 is 9.30 Å². The van der Waals surface area contributed by atoms with Gasteiger partial charge in [-0.15, -0.1) is 0 Å². The molecule has 5 rings (SSSR count). The minimum Gasteiger partial charge on any atom is -0.444 e. The second kappa shape index (κ2) is 7.31. The number of carbonyl (C=O) groups is 2. The molecule has 2 aliphatic heterocycles. The zero-order valence-corrected chi connectivity index (χ0v) is 17.2. The van der Waals surface area contributed by atoms with Crippen molar-refractivity contribution in [1.82, 2.24) is 9.47 Å². The molecule has 0 bridgehead atoms. The fraction of sp³-hybridized carbons (Fsp3) is 0.360. The van der Waals surface area contributed by atoms with Crippen molar-refractivity contribution in [3.63, 3.8) is 0 Å². The van der Waals surface area contributed by atoms with E-state index in [1.165, 1.54) is 0 Å². The second-order valence-corrected chi connectivity index (χ2v) is 8.49. The number of piperidine rings is 1. The van der Waals surface area contributed by atoms with Crippen LogP contribution in [0.3, 0.4) is 0 Å². The lowest BCUT2D eigenvalue weighted by molar-refractivity contribution is -0.0413. The monoisotopic (exact) mass is 402 g/mol. The number of Topliss-reactive ketones (excluding diaryl/α,β-unsaturated/α-hetero) is 1. The minimum absolute atomic E-state index is 0.170. The lowest BCUT2D eigenvalue weighted by Crippen LogP contribution is -2.54. The van der Waals surface area contributed by atoms with Gasteiger partial charge in [0.25, 0.3) is 0 Å². The molecule has 1 aromatic heterocycles. The number of likely N-dealkylation sites (tertiary alicyclic amines) is 1. The first-order valence-corrected chi connectivity index (χ1v) is 10.7. The third-order valence-electron chi connectivity index (χ3n) is 6.85. The van der Waals surface area contributed by atoms with Crippen molar-refractivity contribution in [2.75, 3.05) is 6.54 Å². The van der Waals surface area contributed by atoms with Crippen LogP contribution in [-0.4, -0.2) is 27.9 Å². The zero-order valence-electron chi connectivity index (χ0n) is 17.2. The lowest BCUT2D eigenvalue weighted by atomic mass is 9.69. The van der Waals surface area contributed by atoms with E-state index >= 15 is 0 Å². The minimum atomic E-state index is -0.306. The summed E-state index contributed by atoms with van der Waals surface area (Å²) in [5, 5.41) is 1.04. The van der Waals surface area contributed by atoms with Gasteiger partial charge in [-0.25, -0.2) is 4.79 Å². The Morgan fingerprint density at radius 1 is 1.13 bits per heavy atom. The fourth-order valence-corrected chi connectivity index (χ4v) is 5.32. The average molecular weight is 402 g/mol. The number of benzene rings is 2. The van der Waals surface area contributed by atoms with Crippen LogP contribution in [0.15, 0.2) is 60.7 Å². The highest BCUT2D eigenvalue weighted by atomic mass is 16.6. The van der Waals surface area contributed by atoms with Gasteiger partial charge in [-0.2, -0.15) is 0 Å². The highest BCUT2D eigenvalue weighted by Gasteiger charge is 2.52. The van der Waals surface area contributed by atoms with Crippen LogP contribution >= 0.6 is 0 Å². The van der Waals surface area contributed by atoms with E-state index in [1.54, 1.807) is 0 Å². The highest BCUT2D eigenvalue weighted by Crippen LogP contribution is 2.53. The van der Waals surface area contributed by atoms with Crippen LogP contribution in [0.1, 0.15) is 54.8 Å². The van der Waals surface area contributed by atoms with Crippen LogP contribution in [0.4, 0.5) is 4.79 Å². The van der Waals surface area contributed by atoms with Gasteiger partial charge in [0, 0.05) is 23.8 Å². The standard InChI is InChI=1S/C25H26N2O3/c1-2-25-13-8-14-26(24(29)30-17-18-9-4-3-5-10-18)23(25)27-20-12-7-6-11-19(20)15-21(27)22(28)16-25/h3-7,9-12,15,23H,2,8,13-14,16-17H2,1H3/t23-,25-/m1/s1. The number of nitrogens with zero attached hydrogens (tertiary/aromatic N) is 2. The van der Waals surface area contributed by atoms with Gasteiger partial charge >= 0.3 is 6.09 Å². The van der Waals surface area contributed by atoms with Crippen molar-refractivity contribution in [2.24, 2.45) is 5.41 Å². The van der Waals surface area contributed by atoms with E-state index in [0.717, 1.165) is 35.7 Å². The Labute approximate surface area is 176 Å². The Bertz CT molecular complexity index is 1100. The summed E-state index contributed by atoms with van der Waals surface area (Å²) in [5.41, 5.74) is 2.42. The van der Waals surface area contributed by atoms with Gasteiger partial charge in [0.1, 0.15) is 12.8 Å². The smallest absolute Gasteiger partial charge is 0.411 e. The predicted octanol–water partition coefficient (Wildman–Crippen LogP) is 5.56. The molecule has 0 radical (unpaired) electrons. The van der Waals surface area contributed by atoms with Crippen molar-refractivity contribution in [2.45, 2.75) is 45.4 Å². The molecule has 5 nitrogen and oxygen atoms in total. The van der Waals surface area contributed by atoms with Gasteiger partial charge in [-0.05, 0) is 37.0 Å². The molecular weight excluding hydrogens is 376 g/mol. The molecule has 1 fully saturated rings. The number of fused-ring (bicyclic) bond motifs is 5. The molecule has 5 heteroatoms. The van der Waals surface area contributed by atoms with Crippen molar-refractivity contribution in [1.29, 1.82) is 0 Å². The molecule has 0 saturated carbocycles. The molecule has 2 aromatic carbocycles. The Morgan fingerprint density at radius 2 is 1.90 bits per heavy atom. The maximum absolute atomic E-state index is 13.2. The summed E-state index contributed by atoms with van der Waals surface area (Å²) in [4.78, 5) is 28.2. The number of aromatic nitrogens is 1. The molecule has 0 unspecified atom stereocenters. The molecular formula is C25H26N2O3. The molecule has 0 spiro atoms. The van der Waals surface area contributed by atoms with E-state index in [1.807, 2.05) is 65.6 Å². The highest BCUT2D eigenvalue weighted by molar-refractivity contribution is 6.01. The van der Waals surface area contributed by atoms with E-state index in [2.05, 4.69) is 11.5 Å². The van der Waals surface area contributed by atoms with Crippen molar-refractivity contribution in [3.8, 4) is 0 Å². The van der Waals surface area contributed by atoms with Crippen molar-refractivity contribution < 1.29 is 14.3 Å². The Hall–Kier alpha value is -3.08. The summed E-state index contributed by atoms with van der Waals surface area (Å²) in [6.45, 7) is 3.02. The van der Waals surface area contributed by atoms with E-state index in [0.29, 0.717) is 18.7 Å². The molecule has 0 N–H and O–H groups in total. The fourth-order valence-electron chi connectivity index (χ4n) is 5.32. The summed E-state index contributed by atoms with van der Waals surface area (Å²) in [6.07, 6.45) is 2.64. The number of carbonyl (C=O) groups excluding carboxylic acids is 2. The largest absolute Gasteiger partial charge is 0.444 e.